The summed E-state index contributed by atoms with van der Waals surface area (Å²) < 4.78 is 0. The summed E-state index contributed by atoms with van der Waals surface area (Å²) in [6.45, 7) is 0. The first-order valence-corrected chi connectivity index (χ1v) is 11.9. The molecule has 0 bridgehead atoms. The summed E-state index contributed by atoms with van der Waals surface area (Å²) in [5.41, 5.74) is 7.47. The Kier molecular flexibility index (Phi) is 4.74. The smallest absolute Gasteiger partial charge is 0.161 e. The Balaban J connectivity index is 1.61. The number of fused-ring (bicyclic) bond motifs is 4. The number of pyridine rings is 2. The molecule has 0 radical (unpaired) electrons. The molecule has 3 heterocycles. The average molecular weight is 461 g/mol. The normalized spacial score (nSPS) is 11.3. The molecule has 0 aliphatic carbocycles. The average Bonchev–Trinajstić information content (AvgIpc) is 2.96. The minimum absolute atomic E-state index is 0.675. The van der Waals surface area contributed by atoms with E-state index in [4.69, 9.17) is 15.0 Å². The molecule has 0 aliphatic heterocycles. The number of para-hydroxylation sites is 1. The van der Waals surface area contributed by atoms with Crippen LogP contribution in [0.1, 0.15) is 0 Å². The maximum absolute atomic E-state index is 5.12. The molecule has 3 aromatic heterocycles. The van der Waals surface area contributed by atoms with Crippen LogP contribution in [0.2, 0.25) is 0 Å². The van der Waals surface area contributed by atoms with Crippen molar-refractivity contribution in [2.45, 2.75) is 0 Å². The van der Waals surface area contributed by atoms with Gasteiger partial charge in [0.15, 0.2) is 5.82 Å². The highest BCUT2D eigenvalue weighted by atomic mass is 14.9. The fraction of sp³-hybridized carbons (Fsp3) is 0. The number of hydrogen-bond acceptors (Lipinski definition) is 4. The van der Waals surface area contributed by atoms with Gasteiger partial charge >= 0.3 is 0 Å². The molecule has 36 heavy (non-hydrogen) atoms. The first-order valence-electron chi connectivity index (χ1n) is 11.9. The third-order valence-electron chi connectivity index (χ3n) is 6.51. The van der Waals surface area contributed by atoms with Crippen molar-refractivity contribution in [3.8, 4) is 33.9 Å². The van der Waals surface area contributed by atoms with Crippen LogP contribution >= 0.6 is 0 Å². The van der Waals surface area contributed by atoms with Gasteiger partial charge in [0, 0.05) is 39.0 Å². The van der Waals surface area contributed by atoms with Crippen molar-refractivity contribution in [3.05, 3.63) is 121 Å². The van der Waals surface area contributed by atoms with Crippen molar-refractivity contribution in [3.63, 3.8) is 0 Å². The number of nitrogens with zero attached hydrogens (tertiary/aromatic N) is 4. The topological polar surface area (TPSA) is 51.6 Å². The van der Waals surface area contributed by atoms with E-state index in [9.17, 15) is 0 Å². The van der Waals surface area contributed by atoms with Gasteiger partial charge < -0.3 is 0 Å². The van der Waals surface area contributed by atoms with Crippen LogP contribution in [0.15, 0.2) is 121 Å². The van der Waals surface area contributed by atoms with E-state index >= 15 is 0 Å². The monoisotopic (exact) mass is 460 g/mol. The van der Waals surface area contributed by atoms with Gasteiger partial charge in [-0.1, -0.05) is 97.1 Å². The predicted octanol–water partition coefficient (Wildman–Crippen LogP) is 7.73. The Morgan fingerprint density at radius 1 is 0.472 bits per heavy atom. The zero-order valence-corrected chi connectivity index (χ0v) is 19.3. The second kappa shape index (κ2) is 8.36. The molecule has 0 N–H and O–H groups in total. The van der Waals surface area contributed by atoms with Crippen LogP contribution in [0, 0.1) is 0 Å². The SMILES string of the molecule is c1ccc(-c2cc(-c3ccccc3)nc(-c3c4ccccc4nc4c3ccc3cccnc34)n2)cc1. The maximum atomic E-state index is 5.12. The number of hydrogen-bond donors (Lipinski definition) is 0. The number of benzene rings is 4. The predicted molar refractivity (Wildman–Crippen MR) is 146 cm³/mol. The number of rotatable bonds is 3. The van der Waals surface area contributed by atoms with E-state index in [1.165, 1.54) is 0 Å². The first-order chi connectivity index (χ1) is 17.8. The Morgan fingerprint density at radius 3 is 1.86 bits per heavy atom. The van der Waals surface area contributed by atoms with Crippen LogP contribution in [0.5, 0.6) is 0 Å². The zero-order valence-electron chi connectivity index (χ0n) is 19.3. The third-order valence-corrected chi connectivity index (χ3v) is 6.51. The van der Waals surface area contributed by atoms with Gasteiger partial charge in [-0.3, -0.25) is 4.98 Å². The van der Waals surface area contributed by atoms with Gasteiger partial charge in [-0.15, -0.1) is 0 Å². The summed E-state index contributed by atoms with van der Waals surface area (Å²) in [5, 5.41) is 3.07. The van der Waals surface area contributed by atoms with Crippen LogP contribution in [0.3, 0.4) is 0 Å². The highest BCUT2D eigenvalue weighted by molar-refractivity contribution is 6.15. The van der Waals surface area contributed by atoms with Gasteiger partial charge in [0.2, 0.25) is 0 Å². The summed E-state index contributed by atoms with van der Waals surface area (Å²) >= 11 is 0. The third kappa shape index (κ3) is 3.39. The molecule has 168 valence electrons. The minimum Gasteiger partial charge on any atom is -0.254 e. The molecule has 0 atom stereocenters. The van der Waals surface area contributed by atoms with Crippen LogP contribution in [0.25, 0.3) is 66.6 Å². The molecule has 7 aromatic rings. The van der Waals surface area contributed by atoms with Crippen molar-refractivity contribution < 1.29 is 0 Å². The Morgan fingerprint density at radius 2 is 1.14 bits per heavy atom. The summed E-state index contributed by atoms with van der Waals surface area (Å²) in [5.74, 6) is 0.675. The van der Waals surface area contributed by atoms with E-state index < -0.39 is 0 Å². The van der Waals surface area contributed by atoms with Crippen molar-refractivity contribution in [1.29, 1.82) is 0 Å². The van der Waals surface area contributed by atoms with Gasteiger partial charge in [0.05, 0.1) is 27.9 Å². The van der Waals surface area contributed by atoms with E-state index in [2.05, 4.69) is 59.6 Å². The van der Waals surface area contributed by atoms with E-state index in [1.807, 2.05) is 66.9 Å². The highest BCUT2D eigenvalue weighted by Gasteiger charge is 2.18. The van der Waals surface area contributed by atoms with E-state index in [0.717, 1.165) is 60.8 Å². The standard InChI is InChI=1S/C32H20N4/c1-3-10-21(11-4-1)27-20-28(22-12-5-2-6-13-22)36-32(35-27)29-24-15-7-8-16-26(24)34-31-25(29)18-17-23-14-9-19-33-30(23)31/h1-20H. The van der Waals surface area contributed by atoms with Crippen LogP contribution in [-0.4, -0.2) is 19.9 Å². The molecule has 7 rings (SSSR count). The molecule has 4 aromatic carbocycles. The number of aromatic nitrogens is 4. The van der Waals surface area contributed by atoms with Crippen molar-refractivity contribution in [1.82, 2.24) is 19.9 Å². The van der Waals surface area contributed by atoms with Crippen LogP contribution in [-0.2, 0) is 0 Å². The van der Waals surface area contributed by atoms with E-state index in [1.54, 1.807) is 0 Å². The van der Waals surface area contributed by atoms with Crippen molar-refractivity contribution in [2.75, 3.05) is 0 Å². The lowest BCUT2D eigenvalue weighted by Gasteiger charge is -2.14. The van der Waals surface area contributed by atoms with E-state index in [0.29, 0.717) is 5.82 Å². The zero-order chi connectivity index (χ0) is 23.9. The molecule has 0 fully saturated rings. The first kappa shape index (κ1) is 20.4. The molecule has 0 spiro atoms. The second-order valence-electron chi connectivity index (χ2n) is 8.73. The van der Waals surface area contributed by atoms with Crippen molar-refractivity contribution in [2.24, 2.45) is 0 Å². The fourth-order valence-electron chi connectivity index (χ4n) is 4.81. The molecule has 4 nitrogen and oxygen atoms in total. The summed E-state index contributed by atoms with van der Waals surface area (Å²) in [4.78, 5) is 20.0. The fourth-order valence-corrected chi connectivity index (χ4v) is 4.81. The Labute approximate surface area is 208 Å². The molecule has 0 saturated carbocycles. The molecule has 0 amide bonds. The Bertz CT molecular complexity index is 1820. The van der Waals surface area contributed by atoms with Gasteiger partial charge in [-0.05, 0) is 18.2 Å². The van der Waals surface area contributed by atoms with Gasteiger partial charge in [0.25, 0.3) is 0 Å². The largest absolute Gasteiger partial charge is 0.254 e. The van der Waals surface area contributed by atoms with Crippen LogP contribution in [0.4, 0.5) is 0 Å². The lowest BCUT2D eigenvalue weighted by Crippen LogP contribution is -1.98. The highest BCUT2D eigenvalue weighted by Crippen LogP contribution is 2.37. The quantitative estimate of drug-likeness (QED) is 0.200. The van der Waals surface area contributed by atoms with Gasteiger partial charge in [-0.25, -0.2) is 15.0 Å². The lowest BCUT2D eigenvalue weighted by molar-refractivity contribution is 1.19. The molecule has 0 unspecified atom stereocenters. The van der Waals surface area contributed by atoms with Crippen molar-refractivity contribution >= 4 is 32.7 Å². The van der Waals surface area contributed by atoms with Gasteiger partial charge in [-0.2, -0.15) is 0 Å². The molecular formula is C32H20N4. The lowest BCUT2D eigenvalue weighted by atomic mass is 9.99. The molecular weight excluding hydrogens is 440 g/mol. The van der Waals surface area contributed by atoms with Gasteiger partial charge in [0.1, 0.15) is 0 Å². The van der Waals surface area contributed by atoms with E-state index in [-0.39, 0.29) is 0 Å². The molecule has 4 heteroatoms. The summed E-state index contributed by atoms with van der Waals surface area (Å²) in [6, 6.07) is 39.0. The minimum atomic E-state index is 0.675. The van der Waals surface area contributed by atoms with Crippen LogP contribution < -0.4 is 0 Å². The Hall–Kier alpha value is -4.96. The maximum Gasteiger partial charge on any atom is 0.161 e. The second-order valence-corrected chi connectivity index (χ2v) is 8.73. The molecule has 0 saturated heterocycles. The molecule has 0 aliphatic rings. The summed E-state index contributed by atoms with van der Waals surface area (Å²) in [7, 11) is 0. The summed E-state index contributed by atoms with van der Waals surface area (Å²) in [6.07, 6.45) is 1.82.